The molecule has 6 aromatic carbocycles. The third-order valence-electron chi connectivity index (χ3n) is 8.62. The molecule has 0 radical (unpaired) electrons. The second-order valence-corrected chi connectivity index (χ2v) is 12.1. The number of fused-ring (bicyclic) bond motifs is 11. The molecule has 0 spiro atoms. The third-order valence-corrected chi connectivity index (χ3v) is 9.75. The van der Waals surface area contributed by atoms with E-state index in [1.54, 1.807) is 0 Å². The monoisotopic (exact) mass is 567 g/mol. The third kappa shape index (κ3) is 3.20. The minimum atomic E-state index is 0.667. The summed E-state index contributed by atoms with van der Waals surface area (Å²) in [5.41, 5.74) is 6.85. The Morgan fingerprint density at radius 2 is 1.28 bits per heavy atom. The number of nitrogens with zero attached hydrogens (tertiary/aromatic N) is 3. The van der Waals surface area contributed by atoms with Crippen LogP contribution >= 0.6 is 11.3 Å². The van der Waals surface area contributed by atoms with Crippen molar-refractivity contribution in [2.24, 2.45) is 0 Å². The number of para-hydroxylation sites is 3. The Morgan fingerprint density at radius 1 is 0.535 bits per heavy atom. The number of rotatable bonds is 2. The lowest BCUT2D eigenvalue weighted by atomic mass is 10.0. The van der Waals surface area contributed by atoms with Gasteiger partial charge in [0.25, 0.3) is 0 Å². The number of benzene rings is 6. The average molecular weight is 568 g/mol. The van der Waals surface area contributed by atoms with Gasteiger partial charge in [-0.25, -0.2) is 9.97 Å². The first-order chi connectivity index (χ1) is 21.3. The summed E-state index contributed by atoms with van der Waals surface area (Å²) < 4.78 is 11.0. The number of hydrogen-bond acceptors (Lipinski definition) is 4. The summed E-state index contributed by atoms with van der Waals surface area (Å²) in [5.74, 6) is 0.667. The molecule has 10 rings (SSSR count). The molecule has 4 aromatic heterocycles. The standard InChI is InChI=1S/C38H21N3OS/c1-5-13-29-26(11-1)36(22-17-19-32-28(21-22)24-10-3-7-15-31(24)42-32)40-38(39-29)41-30-14-6-2-9-23(30)25-18-20-34-35(37(25)41)27-12-4-8-16-33(27)43-34/h1-21H. The van der Waals surface area contributed by atoms with Crippen molar-refractivity contribution in [2.45, 2.75) is 0 Å². The van der Waals surface area contributed by atoms with E-state index in [2.05, 4.69) is 114 Å². The summed E-state index contributed by atoms with van der Waals surface area (Å²) in [4.78, 5) is 10.6. The number of furan rings is 1. The summed E-state index contributed by atoms with van der Waals surface area (Å²) in [7, 11) is 0. The fourth-order valence-corrected chi connectivity index (χ4v) is 7.84. The Kier molecular flexibility index (Phi) is 4.57. The summed E-state index contributed by atoms with van der Waals surface area (Å²) in [6.45, 7) is 0. The van der Waals surface area contributed by atoms with Gasteiger partial charge in [0.15, 0.2) is 0 Å². The molecule has 0 fully saturated rings. The molecule has 4 nitrogen and oxygen atoms in total. The molecular weight excluding hydrogens is 547 g/mol. The minimum absolute atomic E-state index is 0.667. The summed E-state index contributed by atoms with van der Waals surface area (Å²) >= 11 is 1.83. The summed E-state index contributed by atoms with van der Waals surface area (Å²) in [6.07, 6.45) is 0. The van der Waals surface area contributed by atoms with E-state index in [0.29, 0.717) is 5.95 Å². The van der Waals surface area contributed by atoms with Gasteiger partial charge >= 0.3 is 0 Å². The maximum Gasteiger partial charge on any atom is 0.235 e. The maximum atomic E-state index is 6.14. The molecule has 0 aliphatic rings. The van der Waals surface area contributed by atoms with Crippen molar-refractivity contribution in [1.29, 1.82) is 0 Å². The Labute approximate surface area is 249 Å². The van der Waals surface area contributed by atoms with Gasteiger partial charge in [-0.05, 0) is 48.5 Å². The molecule has 0 unspecified atom stereocenters. The number of aromatic nitrogens is 3. The zero-order valence-corrected chi connectivity index (χ0v) is 23.6. The molecule has 0 aliphatic carbocycles. The lowest BCUT2D eigenvalue weighted by molar-refractivity contribution is 0.669. The Balaban J connectivity index is 1.34. The SMILES string of the molecule is c1ccc2c(-c3ccc4oc5ccccc5c4c3)nc(-n3c4ccccc4c4ccc5sc6ccccc6c5c43)nc2c1. The van der Waals surface area contributed by atoms with E-state index in [4.69, 9.17) is 14.4 Å². The van der Waals surface area contributed by atoms with E-state index in [9.17, 15) is 0 Å². The zero-order valence-electron chi connectivity index (χ0n) is 22.8. The van der Waals surface area contributed by atoms with Crippen molar-refractivity contribution in [1.82, 2.24) is 14.5 Å². The van der Waals surface area contributed by atoms with Crippen LogP contribution in [0.25, 0.3) is 92.0 Å². The first kappa shape index (κ1) is 23.1. The molecule has 0 saturated carbocycles. The van der Waals surface area contributed by atoms with Crippen molar-refractivity contribution in [3.8, 4) is 17.2 Å². The average Bonchev–Trinajstić information content (AvgIpc) is 3.73. The van der Waals surface area contributed by atoms with Crippen LogP contribution < -0.4 is 0 Å². The largest absolute Gasteiger partial charge is 0.456 e. The molecule has 0 N–H and O–H groups in total. The van der Waals surface area contributed by atoms with Crippen LogP contribution in [0.15, 0.2) is 132 Å². The normalized spacial score (nSPS) is 12.2. The highest BCUT2D eigenvalue weighted by Crippen LogP contribution is 2.43. The summed E-state index contributed by atoms with van der Waals surface area (Å²) in [5, 5.41) is 8.11. The second kappa shape index (κ2) is 8.51. The van der Waals surface area contributed by atoms with Crippen molar-refractivity contribution < 1.29 is 4.42 Å². The Hall–Kier alpha value is -5.52. The topological polar surface area (TPSA) is 43.9 Å². The Bertz CT molecular complexity index is 2750. The van der Waals surface area contributed by atoms with Gasteiger partial charge in [-0.15, -0.1) is 11.3 Å². The van der Waals surface area contributed by atoms with Crippen molar-refractivity contribution in [2.75, 3.05) is 0 Å². The summed E-state index contributed by atoms with van der Waals surface area (Å²) in [6, 6.07) is 44.7. The molecule has 200 valence electrons. The molecule has 10 aromatic rings. The van der Waals surface area contributed by atoms with E-state index < -0.39 is 0 Å². The van der Waals surface area contributed by atoms with E-state index in [0.717, 1.165) is 55.1 Å². The number of thiophene rings is 1. The van der Waals surface area contributed by atoms with E-state index in [-0.39, 0.29) is 0 Å². The predicted octanol–water partition coefficient (Wildman–Crippen LogP) is 10.7. The van der Waals surface area contributed by atoms with Crippen LogP contribution in [0.3, 0.4) is 0 Å². The van der Waals surface area contributed by atoms with Crippen molar-refractivity contribution >= 4 is 86.2 Å². The first-order valence-electron chi connectivity index (χ1n) is 14.3. The lowest BCUT2D eigenvalue weighted by Crippen LogP contribution is -2.03. The van der Waals surface area contributed by atoms with Crippen molar-refractivity contribution in [3.63, 3.8) is 0 Å². The maximum absolute atomic E-state index is 6.14. The minimum Gasteiger partial charge on any atom is -0.456 e. The first-order valence-corrected chi connectivity index (χ1v) is 15.2. The van der Waals surface area contributed by atoms with Crippen LogP contribution in [-0.2, 0) is 0 Å². The van der Waals surface area contributed by atoms with Gasteiger partial charge in [-0.1, -0.05) is 78.9 Å². The van der Waals surface area contributed by atoms with Crippen LogP contribution in [0, 0.1) is 0 Å². The Morgan fingerprint density at radius 3 is 2.21 bits per heavy atom. The molecule has 0 atom stereocenters. The van der Waals surface area contributed by atoms with Gasteiger partial charge in [-0.2, -0.15) is 0 Å². The molecule has 43 heavy (non-hydrogen) atoms. The van der Waals surface area contributed by atoms with Gasteiger partial charge in [-0.3, -0.25) is 4.57 Å². The van der Waals surface area contributed by atoms with Crippen LogP contribution in [0.2, 0.25) is 0 Å². The van der Waals surface area contributed by atoms with E-state index >= 15 is 0 Å². The van der Waals surface area contributed by atoms with Gasteiger partial charge in [0.05, 0.1) is 22.2 Å². The molecule has 0 aliphatic heterocycles. The van der Waals surface area contributed by atoms with E-state index in [1.165, 1.54) is 30.9 Å². The van der Waals surface area contributed by atoms with Gasteiger partial charge in [0.2, 0.25) is 5.95 Å². The molecule has 0 bridgehead atoms. The highest BCUT2D eigenvalue weighted by atomic mass is 32.1. The predicted molar refractivity (Wildman–Crippen MR) is 179 cm³/mol. The van der Waals surface area contributed by atoms with Crippen LogP contribution in [0.1, 0.15) is 0 Å². The molecular formula is C38H21N3OS. The molecule has 0 amide bonds. The van der Waals surface area contributed by atoms with Crippen LogP contribution in [0.4, 0.5) is 0 Å². The van der Waals surface area contributed by atoms with E-state index in [1.807, 2.05) is 29.5 Å². The molecule has 4 heterocycles. The molecule has 0 saturated heterocycles. The van der Waals surface area contributed by atoms with Crippen molar-refractivity contribution in [3.05, 3.63) is 127 Å². The second-order valence-electron chi connectivity index (χ2n) is 11.0. The van der Waals surface area contributed by atoms with Gasteiger partial charge < -0.3 is 4.42 Å². The molecule has 5 heteroatoms. The van der Waals surface area contributed by atoms with Crippen LogP contribution in [-0.4, -0.2) is 14.5 Å². The van der Waals surface area contributed by atoms with Gasteiger partial charge in [0.1, 0.15) is 11.2 Å². The fraction of sp³-hybridized carbons (Fsp3) is 0. The quantitative estimate of drug-likeness (QED) is 0.209. The fourth-order valence-electron chi connectivity index (χ4n) is 6.73. The highest BCUT2D eigenvalue weighted by molar-refractivity contribution is 7.26. The van der Waals surface area contributed by atoms with Crippen LogP contribution in [0.5, 0.6) is 0 Å². The van der Waals surface area contributed by atoms with Gasteiger partial charge in [0, 0.05) is 52.7 Å². The zero-order chi connectivity index (χ0) is 28.1. The number of hydrogen-bond donors (Lipinski definition) is 0. The highest BCUT2D eigenvalue weighted by Gasteiger charge is 2.21. The lowest BCUT2D eigenvalue weighted by Gasteiger charge is -2.12. The smallest absolute Gasteiger partial charge is 0.235 e.